The van der Waals surface area contributed by atoms with Crippen molar-refractivity contribution >= 4 is 36.0 Å². The van der Waals surface area contributed by atoms with Gasteiger partial charge in [0.1, 0.15) is 6.04 Å². The van der Waals surface area contributed by atoms with Crippen LogP contribution in [0.3, 0.4) is 0 Å². The smallest absolute Gasteiger partial charge is 0.255 e. The van der Waals surface area contributed by atoms with E-state index in [9.17, 15) is 9.59 Å². The Kier molecular flexibility index (Phi) is 9.63. The van der Waals surface area contributed by atoms with Crippen LogP contribution in [0.4, 0.5) is 0 Å². The van der Waals surface area contributed by atoms with Crippen LogP contribution in [0.2, 0.25) is 0 Å². The van der Waals surface area contributed by atoms with Gasteiger partial charge in [0, 0.05) is 24.4 Å². The van der Waals surface area contributed by atoms with Gasteiger partial charge in [-0.1, -0.05) is 39.8 Å². The number of benzene rings is 1. The van der Waals surface area contributed by atoms with E-state index in [2.05, 4.69) is 38.3 Å². The standard InChI is InChI=1S/C20H31N3O2S.ClH/c1-5-10-21-11-12-22-18(24)17-13-26-14-23(17)19(25)15-6-8-16(9-7-15)20(2,3)4;/h6-9,17,21H,5,10-14H2,1-4H3,(H,22,24);1H. The molecule has 0 radical (unpaired) electrons. The summed E-state index contributed by atoms with van der Waals surface area (Å²) in [5, 5.41) is 6.20. The van der Waals surface area contributed by atoms with Crippen LogP contribution in [0, 0.1) is 0 Å². The van der Waals surface area contributed by atoms with E-state index in [1.165, 1.54) is 5.56 Å². The maximum Gasteiger partial charge on any atom is 0.255 e. The molecule has 5 nitrogen and oxygen atoms in total. The molecule has 0 bridgehead atoms. The molecule has 152 valence electrons. The molecule has 2 amide bonds. The first-order chi connectivity index (χ1) is 12.3. The highest BCUT2D eigenvalue weighted by Crippen LogP contribution is 2.25. The third-order valence-corrected chi connectivity index (χ3v) is 5.48. The van der Waals surface area contributed by atoms with Gasteiger partial charge in [0.05, 0.1) is 5.88 Å². The maximum absolute atomic E-state index is 12.9. The van der Waals surface area contributed by atoms with Crippen molar-refractivity contribution in [3.8, 4) is 0 Å². The van der Waals surface area contributed by atoms with Gasteiger partial charge in [0.15, 0.2) is 0 Å². The number of rotatable bonds is 7. The minimum Gasteiger partial charge on any atom is -0.353 e. The van der Waals surface area contributed by atoms with Crippen molar-refractivity contribution in [1.82, 2.24) is 15.5 Å². The van der Waals surface area contributed by atoms with E-state index in [1.807, 2.05) is 24.3 Å². The van der Waals surface area contributed by atoms with Crippen molar-refractivity contribution in [2.45, 2.75) is 45.6 Å². The summed E-state index contributed by atoms with van der Waals surface area (Å²) in [4.78, 5) is 27.0. The van der Waals surface area contributed by atoms with Crippen molar-refractivity contribution in [2.75, 3.05) is 31.3 Å². The van der Waals surface area contributed by atoms with Gasteiger partial charge in [-0.05, 0) is 36.1 Å². The summed E-state index contributed by atoms with van der Waals surface area (Å²) in [6.45, 7) is 10.8. The highest BCUT2D eigenvalue weighted by molar-refractivity contribution is 7.99. The number of hydrogen-bond donors (Lipinski definition) is 2. The van der Waals surface area contributed by atoms with E-state index >= 15 is 0 Å². The summed E-state index contributed by atoms with van der Waals surface area (Å²) in [6, 6.07) is 7.36. The van der Waals surface area contributed by atoms with Gasteiger partial charge in [-0.25, -0.2) is 0 Å². The number of hydrogen-bond acceptors (Lipinski definition) is 4. The Hall–Kier alpha value is -1.24. The second-order valence-corrected chi connectivity index (χ2v) is 8.66. The molecule has 1 aliphatic rings. The molecule has 1 aromatic carbocycles. The zero-order valence-electron chi connectivity index (χ0n) is 16.7. The molecular weight excluding hydrogens is 382 g/mol. The Balaban J connectivity index is 0.00000364. The maximum atomic E-state index is 12.9. The van der Waals surface area contributed by atoms with Gasteiger partial charge >= 0.3 is 0 Å². The molecule has 1 aromatic rings. The quantitative estimate of drug-likeness (QED) is 0.674. The lowest BCUT2D eigenvalue weighted by Crippen LogP contribution is -2.48. The monoisotopic (exact) mass is 413 g/mol. The first kappa shape index (κ1) is 23.8. The van der Waals surface area contributed by atoms with Crippen molar-refractivity contribution < 1.29 is 9.59 Å². The molecule has 1 atom stereocenters. The molecule has 0 spiro atoms. The third kappa shape index (κ3) is 6.70. The Morgan fingerprint density at radius 2 is 1.81 bits per heavy atom. The topological polar surface area (TPSA) is 61.4 Å². The van der Waals surface area contributed by atoms with Crippen LogP contribution in [0.1, 0.15) is 50.0 Å². The second kappa shape index (κ2) is 10.9. The molecule has 2 N–H and O–H groups in total. The van der Waals surface area contributed by atoms with E-state index in [0.29, 0.717) is 23.7 Å². The van der Waals surface area contributed by atoms with Crippen molar-refractivity contribution in [3.05, 3.63) is 35.4 Å². The summed E-state index contributed by atoms with van der Waals surface area (Å²) in [5.41, 5.74) is 1.89. The van der Waals surface area contributed by atoms with E-state index in [4.69, 9.17) is 0 Å². The molecule has 27 heavy (non-hydrogen) atoms. The van der Waals surface area contributed by atoms with Crippen molar-refractivity contribution in [3.63, 3.8) is 0 Å². The lowest BCUT2D eigenvalue weighted by Gasteiger charge is -2.24. The largest absolute Gasteiger partial charge is 0.353 e. The van der Waals surface area contributed by atoms with Crippen LogP contribution in [-0.4, -0.2) is 54.0 Å². The number of halogens is 1. The van der Waals surface area contributed by atoms with Crippen LogP contribution in [0.15, 0.2) is 24.3 Å². The van der Waals surface area contributed by atoms with Gasteiger partial charge in [0.25, 0.3) is 5.91 Å². The Labute approximate surface area is 173 Å². The molecule has 7 heteroatoms. The number of nitrogens with one attached hydrogen (secondary N) is 2. The van der Waals surface area contributed by atoms with Crippen molar-refractivity contribution in [2.24, 2.45) is 0 Å². The van der Waals surface area contributed by atoms with E-state index in [-0.39, 0.29) is 35.7 Å². The first-order valence-corrected chi connectivity index (χ1v) is 10.5. The lowest BCUT2D eigenvalue weighted by atomic mass is 9.86. The summed E-state index contributed by atoms with van der Waals surface area (Å²) in [5.74, 6) is 1.08. The Morgan fingerprint density at radius 1 is 1.15 bits per heavy atom. The minimum atomic E-state index is -0.388. The first-order valence-electron chi connectivity index (χ1n) is 9.32. The van der Waals surface area contributed by atoms with E-state index in [0.717, 1.165) is 19.5 Å². The van der Waals surface area contributed by atoms with E-state index in [1.54, 1.807) is 16.7 Å². The highest BCUT2D eigenvalue weighted by atomic mass is 35.5. The average Bonchev–Trinajstić information content (AvgIpc) is 3.10. The molecule has 1 aliphatic heterocycles. The molecule has 1 fully saturated rings. The fourth-order valence-electron chi connectivity index (χ4n) is 2.83. The fourth-order valence-corrected chi connectivity index (χ4v) is 3.99. The Morgan fingerprint density at radius 3 is 2.41 bits per heavy atom. The van der Waals surface area contributed by atoms with E-state index < -0.39 is 0 Å². The fraction of sp³-hybridized carbons (Fsp3) is 0.600. The summed E-state index contributed by atoms with van der Waals surface area (Å²) in [7, 11) is 0. The van der Waals surface area contributed by atoms with Gasteiger partial charge in [-0.15, -0.1) is 24.2 Å². The molecule has 1 heterocycles. The van der Waals surface area contributed by atoms with Crippen LogP contribution in [0.5, 0.6) is 0 Å². The normalized spacial score (nSPS) is 16.7. The van der Waals surface area contributed by atoms with Crippen LogP contribution >= 0.6 is 24.2 Å². The molecule has 0 aliphatic carbocycles. The lowest BCUT2D eigenvalue weighted by molar-refractivity contribution is -0.124. The molecule has 1 unspecified atom stereocenters. The Bertz CT molecular complexity index is 617. The zero-order valence-corrected chi connectivity index (χ0v) is 18.3. The van der Waals surface area contributed by atoms with Crippen LogP contribution < -0.4 is 10.6 Å². The molecule has 0 saturated carbocycles. The van der Waals surface area contributed by atoms with Crippen molar-refractivity contribution in [1.29, 1.82) is 0 Å². The van der Waals surface area contributed by atoms with Gasteiger partial charge in [0.2, 0.25) is 5.91 Å². The number of nitrogens with zero attached hydrogens (tertiary/aromatic N) is 1. The minimum absolute atomic E-state index is 0. The average molecular weight is 414 g/mol. The number of carbonyl (C=O) groups is 2. The summed E-state index contributed by atoms with van der Waals surface area (Å²) < 4.78 is 0. The van der Waals surface area contributed by atoms with Gasteiger partial charge in [-0.2, -0.15) is 0 Å². The molecule has 1 saturated heterocycles. The second-order valence-electron chi connectivity index (χ2n) is 7.66. The molecule has 0 aromatic heterocycles. The number of amides is 2. The summed E-state index contributed by atoms with van der Waals surface area (Å²) >= 11 is 1.62. The molecular formula is C20H32ClN3O2S. The van der Waals surface area contributed by atoms with Crippen LogP contribution in [-0.2, 0) is 10.2 Å². The molecule has 2 rings (SSSR count). The SMILES string of the molecule is CCCNCCNC(=O)C1CSCN1C(=O)c1ccc(C(C)(C)C)cc1.Cl. The summed E-state index contributed by atoms with van der Waals surface area (Å²) in [6.07, 6.45) is 1.07. The predicted molar refractivity (Wildman–Crippen MR) is 116 cm³/mol. The highest BCUT2D eigenvalue weighted by Gasteiger charge is 2.35. The number of thioether (sulfide) groups is 1. The zero-order chi connectivity index (χ0) is 19.2. The van der Waals surface area contributed by atoms with Gasteiger partial charge in [-0.3, -0.25) is 9.59 Å². The van der Waals surface area contributed by atoms with Crippen LogP contribution in [0.25, 0.3) is 0 Å². The third-order valence-electron chi connectivity index (χ3n) is 4.47. The number of carbonyl (C=O) groups excluding carboxylic acids is 2. The van der Waals surface area contributed by atoms with Gasteiger partial charge < -0.3 is 15.5 Å². The predicted octanol–water partition coefficient (Wildman–Crippen LogP) is 3.04.